The Hall–Kier alpha value is -1.32. The largest absolute Gasteiger partial charge is 0.466 e. The lowest BCUT2D eigenvalue weighted by atomic mass is 10.0. The zero-order valence-corrected chi connectivity index (χ0v) is 9.06. The first-order valence-corrected chi connectivity index (χ1v) is 5.13. The van der Waals surface area contributed by atoms with Gasteiger partial charge in [0.25, 0.3) is 0 Å². The minimum Gasteiger partial charge on any atom is -0.466 e. The lowest BCUT2D eigenvalue weighted by molar-refractivity contribution is -0.152. The maximum atomic E-state index is 11.2. The summed E-state index contributed by atoms with van der Waals surface area (Å²) in [6.07, 6.45) is 4.60. The summed E-state index contributed by atoms with van der Waals surface area (Å²) in [7, 11) is 0. The zero-order chi connectivity index (χ0) is 11.3. The van der Waals surface area contributed by atoms with E-state index >= 15 is 0 Å². The van der Waals surface area contributed by atoms with Crippen molar-refractivity contribution in [3.05, 3.63) is 12.2 Å². The fourth-order valence-electron chi connectivity index (χ4n) is 1.65. The molecule has 84 valence electrons. The molecule has 0 amide bonds. The van der Waals surface area contributed by atoms with Gasteiger partial charge < -0.3 is 9.47 Å². The van der Waals surface area contributed by atoms with Crippen LogP contribution in [0.3, 0.4) is 0 Å². The topological polar surface area (TPSA) is 52.6 Å². The van der Waals surface area contributed by atoms with Crippen molar-refractivity contribution in [3.8, 4) is 0 Å². The Labute approximate surface area is 89.2 Å². The number of esters is 2. The van der Waals surface area contributed by atoms with Crippen molar-refractivity contribution in [2.45, 2.75) is 32.8 Å². The fourth-order valence-corrected chi connectivity index (χ4v) is 1.65. The molecule has 0 aromatic rings. The van der Waals surface area contributed by atoms with E-state index in [-0.39, 0.29) is 30.4 Å². The maximum Gasteiger partial charge on any atom is 0.306 e. The highest BCUT2D eigenvalue weighted by Crippen LogP contribution is 2.24. The van der Waals surface area contributed by atoms with Crippen LogP contribution in [0, 0.1) is 5.92 Å². The van der Waals surface area contributed by atoms with E-state index in [1.165, 1.54) is 6.92 Å². The third-order valence-corrected chi connectivity index (χ3v) is 2.25. The Kier molecular flexibility index (Phi) is 4.34. The summed E-state index contributed by atoms with van der Waals surface area (Å²) < 4.78 is 9.94. The molecule has 1 rings (SSSR count). The molecule has 4 nitrogen and oxygen atoms in total. The summed E-state index contributed by atoms with van der Waals surface area (Å²) in [6, 6.07) is 0. The summed E-state index contributed by atoms with van der Waals surface area (Å²) >= 11 is 0. The van der Waals surface area contributed by atoms with Crippen molar-refractivity contribution < 1.29 is 19.1 Å². The van der Waals surface area contributed by atoms with Crippen LogP contribution >= 0.6 is 0 Å². The van der Waals surface area contributed by atoms with Crippen LogP contribution in [-0.4, -0.2) is 24.6 Å². The van der Waals surface area contributed by atoms with Crippen molar-refractivity contribution in [3.63, 3.8) is 0 Å². The van der Waals surface area contributed by atoms with Gasteiger partial charge in [0.05, 0.1) is 13.0 Å². The van der Waals surface area contributed by atoms with Crippen molar-refractivity contribution >= 4 is 11.9 Å². The normalized spacial score (nSPS) is 23.9. The molecule has 0 saturated carbocycles. The maximum absolute atomic E-state index is 11.2. The van der Waals surface area contributed by atoms with E-state index in [1.54, 1.807) is 6.92 Å². The molecule has 4 heteroatoms. The van der Waals surface area contributed by atoms with E-state index in [0.29, 0.717) is 13.0 Å². The molecule has 2 atom stereocenters. The summed E-state index contributed by atoms with van der Waals surface area (Å²) in [6.45, 7) is 3.53. The molecule has 0 aliphatic heterocycles. The second-order valence-corrected chi connectivity index (χ2v) is 3.48. The highest BCUT2D eigenvalue weighted by molar-refractivity contribution is 5.70. The third-order valence-electron chi connectivity index (χ3n) is 2.25. The van der Waals surface area contributed by atoms with Crippen LogP contribution in [0.15, 0.2) is 12.2 Å². The lowest BCUT2D eigenvalue weighted by Gasteiger charge is -2.18. The van der Waals surface area contributed by atoms with Gasteiger partial charge in [-0.3, -0.25) is 9.59 Å². The molecule has 0 heterocycles. The first-order chi connectivity index (χ1) is 7.13. The lowest BCUT2D eigenvalue weighted by Crippen LogP contribution is -2.24. The van der Waals surface area contributed by atoms with Crippen molar-refractivity contribution in [2.75, 3.05) is 6.61 Å². The van der Waals surface area contributed by atoms with Crippen LogP contribution in [0.1, 0.15) is 26.7 Å². The number of hydrogen-bond donors (Lipinski definition) is 0. The first-order valence-electron chi connectivity index (χ1n) is 5.13. The number of carbonyl (C=O) groups excluding carboxylic acids is 2. The second-order valence-electron chi connectivity index (χ2n) is 3.48. The van der Waals surface area contributed by atoms with Crippen LogP contribution in [0.25, 0.3) is 0 Å². The predicted octanol–water partition coefficient (Wildman–Crippen LogP) is 1.45. The van der Waals surface area contributed by atoms with Gasteiger partial charge in [0.15, 0.2) is 0 Å². The van der Waals surface area contributed by atoms with E-state index in [0.717, 1.165) is 0 Å². The van der Waals surface area contributed by atoms with Gasteiger partial charge in [-0.15, -0.1) is 0 Å². The first kappa shape index (κ1) is 11.8. The van der Waals surface area contributed by atoms with E-state index in [9.17, 15) is 9.59 Å². The van der Waals surface area contributed by atoms with Gasteiger partial charge in [-0.25, -0.2) is 0 Å². The zero-order valence-electron chi connectivity index (χ0n) is 9.06. The molecule has 15 heavy (non-hydrogen) atoms. The van der Waals surface area contributed by atoms with Crippen molar-refractivity contribution in [2.24, 2.45) is 5.92 Å². The summed E-state index contributed by atoms with van der Waals surface area (Å²) in [4.78, 5) is 22.0. The molecule has 0 saturated heterocycles. The SMILES string of the molecule is CCOC(=O)C[C@@H]1C=CC[C@H]1OC(C)=O. The van der Waals surface area contributed by atoms with Crippen LogP contribution < -0.4 is 0 Å². The third kappa shape index (κ3) is 3.73. The van der Waals surface area contributed by atoms with E-state index in [2.05, 4.69) is 0 Å². The van der Waals surface area contributed by atoms with Gasteiger partial charge in [-0.1, -0.05) is 12.2 Å². The van der Waals surface area contributed by atoms with E-state index in [1.807, 2.05) is 12.2 Å². The molecule has 0 spiro atoms. The van der Waals surface area contributed by atoms with Crippen LogP contribution in [0.2, 0.25) is 0 Å². The smallest absolute Gasteiger partial charge is 0.306 e. The van der Waals surface area contributed by atoms with Crippen molar-refractivity contribution in [1.82, 2.24) is 0 Å². The fraction of sp³-hybridized carbons (Fsp3) is 0.636. The van der Waals surface area contributed by atoms with E-state index < -0.39 is 0 Å². The molecule has 0 aromatic carbocycles. The van der Waals surface area contributed by atoms with E-state index in [4.69, 9.17) is 9.47 Å². The molecule has 0 fully saturated rings. The average Bonchev–Trinajstić information content (AvgIpc) is 2.52. The Morgan fingerprint density at radius 2 is 2.20 bits per heavy atom. The number of rotatable bonds is 4. The summed E-state index contributed by atoms with van der Waals surface area (Å²) in [5.41, 5.74) is 0. The Morgan fingerprint density at radius 3 is 2.80 bits per heavy atom. The predicted molar refractivity (Wildman–Crippen MR) is 54.1 cm³/mol. The molecule has 1 aliphatic carbocycles. The minimum absolute atomic E-state index is 0.0343. The molecule has 0 radical (unpaired) electrons. The summed E-state index contributed by atoms with van der Waals surface area (Å²) in [5.74, 6) is -0.586. The van der Waals surface area contributed by atoms with Crippen LogP contribution in [0.5, 0.6) is 0 Å². The van der Waals surface area contributed by atoms with Gasteiger partial charge in [0, 0.05) is 19.3 Å². The molecule has 0 N–H and O–H groups in total. The molecular weight excluding hydrogens is 196 g/mol. The molecule has 0 unspecified atom stereocenters. The Balaban J connectivity index is 2.42. The Morgan fingerprint density at radius 1 is 1.47 bits per heavy atom. The molecule has 1 aliphatic rings. The number of ether oxygens (including phenoxy) is 2. The van der Waals surface area contributed by atoms with Gasteiger partial charge in [0.2, 0.25) is 0 Å². The monoisotopic (exact) mass is 212 g/mol. The summed E-state index contributed by atoms with van der Waals surface area (Å²) in [5, 5.41) is 0. The van der Waals surface area contributed by atoms with Crippen molar-refractivity contribution in [1.29, 1.82) is 0 Å². The van der Waals surface area contributed by atoms with Crippen LogP contribution in [0.4, 0.5) is 0 Å². The van der Waals surface area contributed by atoms with Gasteiger partial charge in [-0.05, 0) is 6.92 Å². The highest BCUT2D eigenvalue weighted by Gasteiger charge is 2.27. The Bertz CT molecular complexity index is 270. The minimum atomic E-state index is -0.308. The molecular formula is C11H16O4. The average molecular weight is 212 g/mol. The van der Waals surface area contributed by atoms with Gasteiger partial charge in [-0.2, -0.15) is 0 Å². The standard InChI is InChI=1S/C11H16O4/c1-3-14-11(13)7-9-5-4-6-10(9)15-8(2)12/h4-5,9-10H,3,6-7H2,1-2H3/t9-,10+/m0/s1. The molecule has 0 aromatic heterocycles. The van der Waals surface area contributed by atoms with Gasteiger partial charge in [0.1, 0.15) is 6.10 Å². The number of hydrogen-bond acceptors (Lipinski definition) is 4. The number of carbonyl (C=O) groups is 2. The second kappa shape index (κ2) is 5.53. The van der Waals surface area contributed by atoms with Gasteiger partial charge >= 0.3 is 11.9 Å². The van der Waals surface area contributed by atoms with Crippen LogP contribution in [-0.2, 0) is 19.1 Å². The highest BCUT2D eigenvalue weighted by atomic mass is 16.5. The molecule has 0 bridgehead atoms. The quantitative estimate of drug-likeness (QED) is 0.522.